The van der Waals surface area contributed by atoms with Crippen LogP contribution in [0.3, 0.4) is 0 Å². The molecule has 2 nitrogen and oxygen atoms in total. The van der Waals surface area contributed by atoms with E-state index in [1.807, 2.05) is 0 Å². The number of hydrogen-bond donors (Lipinski definition) is 0. The Kier molecular flexibility index (Phi) is 6.25. The van der Waals surface area contributed by atoms with E-state index in [0.29, 0.717) is 0 Å². The highest BCUT2D eigenvalue weighted by atomic mass is 35.5. The van der Waals surface area contributed by atoms with E-state index in [1.54, 1.807) is 11.3 Å². The lowest BCUT2D eigenvalue weighted by atomic mass is 10.3. The Balaban J connectivity index is 0.00000196. The minimum Gasteiger partial charge on any atom is -1.00 e. The number of nitrogens with zero attached hydrogens (tertiary/aromatic N) is 1. The van der Waals surface area contributed by atoms with Crippen LogP contribution in [0.2, 0.25) is 0 Å². The Bertz CT molecular complexity index is 280. The Morgan fingerprint density at radius 3 is 2.40 bits per heavy atom. The predicted octanol–water partition coefficient (Wildman–Crippen LogP) is -0.464. The molecule has 0 bridgehead atoms. The third kappa shape index (κ3) is 6.03. The number of ether oxygens (including phenoxy) is 1. The molecule has 15 heavy (non-hydrogen) atoms. The highest BCUT2D eigenvalue weighted by molar-refractivity contribution is 7.08. The largest absolute Gasteiger partial charge is 1.00 e. The molecule has 0 radical (unpaired) electrons. The summed E-state index contributed by atoms with van der Waals surface area (Å²) in [5, 5.41) is 4.19. The van der Waals surface area contributed by atoms with Crippen LogP contribution in [0.1, 0.15) is 12.0 Å². The van der Waals surface area contributed by atoms with Crippen LogP contribution in [-0.4, -0.2) is 38.8 Å². The van der Waals surface area contributed by atoms with Gasteiger partial charge >= 0.3 is 0 Å². The summed E-state index contributed by atoms with van der Waals surface area (Å²) >= 11 is 1.70. The fraction of sp³-hybridized carbons (Fsp3) is 0.636. The minimum atomic E-state index is 0. The fourth-order valence-electron chi connectivity index (χ4n) is 1.22. The SMILES string of the molecule is Cc1cscc1OCCC[N+](C)(C)C.[Cl-]. The normalized spacial score (nSPS) is 10.9. The average Bonchev–Trinajstić information content (AvgIpc) is 2.44. The molecule has 1 heterocycles. The quantitative estimate of drug-likeness (QED) is 0.507. The molecule has 0 spiro atoms. The molecule has 0 saturated heterocycles. The van der Waals surface area contributed by atoms with Crippen LogP contribution in [0, 0.1) is 6.92 Å². The van der Waals surface area contributed by atoms with Crippen molar-refractivity contribution in [3.63, 3.8) is 0 Å². The van der Waals surface area contributed by atoms with Gasteiger partial charge in [0.2, 0.25) is 0 Å². The first-order valence-electron chi connectivity index (χ1n) is 4.95. The standard InChI is InChI=1S/C11H20NOS.ClH/c1-10-8-14-9-11(10)13-7-5-6-12(2,3)4;/h8-9H,5-7H2,1-4H3;1H/q+1;/p-1. The number of halogens is 1. The summed E-state index contributed by atoms with van der Waals surface area (Å²) in [4.78, 5) is 0. The van der Waals surface area contributed by atoms with Gasteiger partial charge in [0.05, 0.1) is 34.3 Å². The van der Waals surface area contributed by atoms with E-state index in [1.165, 1.54) is 5.56 Å². The van der Waals surface area contributed by atoms with Crippen molar-refractivity contribution in [1.82, 2.24) is 0 Å². The fourth-order valence-corrected chi connectivity index (χ4v) is 1.98. The number of hydrogen-bond acceptors (Lipinski definition) is 2. The summed E-state index contributed by atoms with van der Waals surface area (Å²) in [5.74, 6) is 1.05. The van der Waals surface area contributed by atoms with Gasteiger partial charge in [-0.1, -0.05) is 0 Å². The maximum atomic E-state index is 5.67. The Morgan fingerprint density at radius 1 is 1.27 bits per heavy atom. The Hall–Kier alpha value is -0.250. The molecule has 0 saturated carbocycles. The van der Waals surface area contributed by atoms with E-state index >= 15 is 0 Å². The summed E-state index contributed by atoms with van der Waals surface area (Å²) in [7, 11) is 6.61. The van der Waals surface area contributed by atoms with Crippen LogP contribution in [0.25, 0.3) is 0 Å². The Morgan fingerprint density at radius 2 is 1.93 bits per heavy atom. The van der Waals surface area contributed by atoms with Gasteiger partial charge in [-0.05, 0) is 12.3 Å². The third-order valence-corrected chi connectivity index (χ3v) is 2.88. The van der Waals surface area contributed by atoms with Crippen LogP contribution in [0.15, 0.2) is 10.8 Å². The van der Waals surface area contributed by atoms with Gasteiger partial charge in [-0.2, -0.15) is 0 Å². The first kappa shape index (κ1) is 14.8. The van der Waals surface area contributed by atoms with E-state index in [-0.39, 0.29) is 12.4 Å². The lowest BCUT2D eigenvalue weighted by Crippen LogP contribution is -3.00. The second-order valence-electron chi connectivity index (χ2n) is 4.63. The molecule has 0 aromatic carbocycles. The topological polar surface area (TPSA) is 9.23 Å². The first-order chi connectivity index (χ1) is 6.49. The van der Waals surface area contributed by atoms with Crippen LogP contribution in [0.4, 0.5) is 0 Å². The van der Waals surface area contributed by atoms with E-state index in [4.69, 9.17) is 4.74 Å². The van der Waals surface area contributed by atoms with Crippen molar-refractivity contribution in [2.45, 2.75) is 13.3 Å². The zero-order chi connectivity index (χ0) is 10.6. The lowest BCUT2D eigenvalue weighted by molar-refractivity contribution is -0.870. The molecule has 0 atom stereocenters. The molecule has 0 aliphatic carbocycles. The number of quaternary nitrogens is 1. The van der Waals surface area contributed by atoms with Gasteiger partial charge in [-0.25, -0.2) is 0 Å². The molecule has 88 valence electrons. The summed E-state index contributed by atoms with van der Waals surface area (Å²) in [6, 6.07) is 0. The van der Waals surface area contributed by atoms with Crippen LogP contribution in [0.5, 0.6) is 5.75 Å². The van der Waals surface area contributed by atoms with Crippen molar-refractivity contribution in [3.8, 4) is 5.75 Å². The second kappa shape index (κ2) is 6.36. The minimum absolute atomic E-state index is 0. The summed E-state index contributed by atoms with van der Waals surface area (Å²) < 4.78 is 6.68. The summed E-state index contributed by atoms with van der Waals surface area (Å²) in [6.45, 7) is 4.07. The molecule has 1 rings (SSSR count). The summed E-state index contributed by atoms with van der Waals surface area (Å²) in [6.07, 6.45) is 1.11. The monoisotopic (exact) mass is 249 g/mol. The van der Waals surface area contributed by atoms with Gasteiger partial charge in [-0.15, -0.1) is 11.3 Å². The second-order valence-corrected chi connectivity index (χ2v) is 5.38. The van der Waals surface area contributed by atoms with Gasteiger partial charge in [0.25, 0.3) is 0 Å². The van der Waals surface area contributed by atoms with Crippen molar-refractivity contribution >= 4 is 11.3 Å². The predicted molar refractivity (Wildman–Crippen MR) is 62.1 cm³/mol. The zero-order valence-corrected chi connectivity index (χ0v) is 11.5. The van der Waals surface area contributed by atoms with Crippen molar-refractivity contribution in [3.05, 3.63) is 16.3 Å². The molecule has 0 fully saturated rings. The van der Waals surface area contributed by atoms with E-state index in [0.717, 1.165) is 29.8 Å². The van der Waals surface area contributed by atoms with Gasteiger partial charge in [0, 0.05) is 17.4 Å². The van der Waals surface area contributed by atoms with Crippen molar-refractivity contribution in [1.29, 1.82) is 0 Å². The number of thiophene rings is 1. The molecule has 0 aliphatic rings. The molecule has 1 aromatic heterocycles. The van der Waals surface area contributed by atoms with Crippen LogP contribution in [-0.2, 0) is 0 Å². The van der Waals surface area contributed by atoms with Gasteiger partial charge < -0.3 is 21.6 Å². The van der Waals surface area contributed by atoms with Crippen LogP contribution >= 0.6 is 11.3 Å². The van der Waals surface area contributed by atoms with E-state index in [9.17, 15) is 0 Å². The maximum absolute atomic E-state index is 5.67. The Labute approximate surface area is 103 Å². The van der Waals surface area contributed by atoms with Crippen LogP contribution < -0.4 is 17.1 Å². The molecule has 0 amide bonds. The van der Waals surface area contributed by atoms with Gasteiger partial charge in [0.1, 0.15) is 5.75 Å². The van der Waals surface area contributed by atoms with Gasteiger partial charge in [0.15, 0.2) is 0 Å². The lowest BCUT2D eigenvalue weighted by Gasteiger charge is -2.23. The molecule has 1 aromatic rings. The zero-order valence-electron chi connectivity index (χ0n) is 9.92. The maximum Gasteiger partial charge on any atom is 0.132 e. The number of rotatable bonds is 5. The van der Waals surface area contributed by atoms with Crippen molar-refractivity contribution in [2.24, 2.45) is 0 Å². The molecule has 0 aliphatic heterocycles. The van der Waals surface area contributed by atoms with Gasteiger partial charge in [-0.3, -0.25) is 0 Å². The van der Waals surface area contributed by atoms with E-state index in [2.05, 4.69) is 38.8 Å². The average molecular weight is 250 g/mol. The third-order valence-electron chi connectivity index (χ3n) is 2.04. The molecule has 0 unspecified atom stereocenters. The summed E-state index contributed by atoms with van der Waals surface area (Å²) in [5.41, 5.74) is 1.25. The molecular weight excluding hydrogens is 230 g/mol. The highest BCUT2D eigenvalue weighted by Crippen LogP contribution is 2.22. The molecule has 4 heteroatoms. The molecular formula is C11H20ClNOS. The van der Waals surface area contributed by atoms with Crippen molar-refractivity contribution in [2.75, 3.05) is 34.3 Å². The highest BCUT2D eigenvalue weighted by Gasteiger charge is 2.06. The smallest absolute Gasteiger partial charge is 0.132 e. The number of aryl methyl sites for hydroxylation is 1. The molecule has 0 N–H and O–H groups in total. The first-order valence-corrected chi connectivity index (χ1v) is 5.89. The van der Waals surface area contributed by atoms with E-state index < -0.39 is 0 Å². The van der Waals surface area contributed by atoms with Crippen molar-refractivity contribution < 1.29 is 21.6 Å².